The van der Waals surface area contributed by atoms with Crippen molar-refractivity contribution in [1.82, 2.24) is 10.2 Å². The largest absolute Gasteiger partial charge is 0.497 e. The fourth-order valence-corrected chi connectivity index (χ4v) is 2.20. The molecule has 0 atom stereocenters. The summed E-state index contributed by atoms with van der Waals surface area (Å²) < 4.78 is 11.4. The van der Waals surface area contributed by atoms with Crippen molar-refractivity contribution in [2.75, 3.05) is 20.0 Å². The number of anilines is 1. The Morgan fingerprint density at radius 2 is 2.00 bits per heavy atom. The molecule has 0 fully saturated rings. The maximum Gasteiger partial charge on any atom is 0.145 e. The van der Waals surface area contributed by atoms with E-state index in [1.54, 1.807) is 26.4 Å². The van der Waals surface area contributed by atoms with Crippen LogP contribution in [-0.4, -0.2) is 24.4 Å². The van der Waals surface area contributed by atoms with E-state index in [0.29, 0.717) is 17.3 Å². The first-order valence-electron chi connectivity index (χ1n) is 4.88. The normalized spacial score (nSPS) is 10.3. The number of nitrogen functional groups attached to an aromatic ring is 1. The van der Waals surface area contributed by atoms with E-state index in [0.717, 1.165) is 15.7 Å². The van der Waals surface area contributed by atoms with Gasteiger partial charge in [-0.15, -0.1) is 0 Å². The van der Waals surface area contributed by atoms with E-state index in [4.69, 9.17) is 15.2 Å². The molecule has 0 aliphatic carbocycles. The standard InChI is InChI=1S/C11H12BrN3O2/c1-16-6-3-7(12)11(9(4-6)17-2)8-5-10(13)15-14-8/h3-5H,1-2H3,(H3,13,14,15). The number of aromatic amines is 1. The van der Waals surface area contributed by atoms with Crippen LogP contribution in [0, 0.1) is 0 Å². The number of ether oxygens (including phenoxy) is 2. The summed E-state index contributed by atoms with van der Waals surface area (Å²) >= 11 is 3.48. The highest BCUT2D eigenvalue weighted by molar-refractivity contribution is 9.10. The Hall–Kier alpha value is -1.69. The van der Waals surface area contributed by atoms with Gasteiger partial charge < -0.3 is 15.2 Å². The molecule has 1 aromatic carbocycles. The summed E-state index contributed by atoms with van der Waals surface area (Å²) in [7, 11) is 3.21. The smallest absolute Gasteiger partial charge is 0.145 e. The van der Waals surface area contributed by atoms with Gasteiger partial charge in [0.2, 0.25) is 0 Å². The number of hydrogen-bond acceptors (Lipinski definition) is 4. The van der Waals surface area contributed by atoms with E-state index in [2.05, 4.69) is 26.1 Å². The van der Waals surface area contributed by atoms with Crippen LogP contribution in [0.4, 0.5) is 5.82 Å². The van der Waals surface area contributed by atoms with E-state index in [9.17, 15) is 0 Å². The minimum atomic E-state index is 0.435. The number of aromatic nitrogens is 2. The molecule has 3 N–H and O–H groups in total. The molecule has 1 aromatic heterocycles. The van der Waals surface area contributed by atoms with Gasteiger partial charge in [-0.2, -0.15) is 5.10 Å². The fourth-order valence-electron chi connectivity index (χ4n) is 1.56. The van der Waals surface area contributed by atoms with Crippen LogP contribution in [0.25, 0.3) is 11.3 Å². The molecule has 0 spiro atoms. The number of nitrogens with zero attached hydrogens (tertiary/aromatic N) is 1. The van der Waals surface area contributed by atoms with E-state index >= 15 is 0 Å². The number of methoxy groups -OCH3 is 2. The Morgan fingerprint density at radius 1 is 1.24 bits per heavy atom. The molecule has 0 amide bonds. The predicted molar refractivity (Wildman–Crippen MR) is 69.2 cm³/mol. The van der Waals surface area contributed by atoms with Crippen LogP contribution in [0.1, 0.15) is 0 Å². The molecule has 0 aliphatic heterocycles. The first-order valence-corrected chi connectivity index (χ1v) is 5.67. The van der Waals surface area contributed by atoms with E-state index in [1.165, 1.54) is 0 Å². The monoisotopic (exact) mass is 297 g/mol. The molecule has 2 rings (SSSR count). The molecule has 0 bridgehead atoms. The number of benzene rings is 1. The molecule has 90 valence electrons. The Morgan fingerprint density at radius 3 is 2.53 bits per heavy atom. The van der Waals surface area contributed by atoms with Gasteiger partial charge in [0.15, 0.2) is 0 Å². The molecule has 17 heavy (non-hydrogen) atoms. The first kappa shape index (κ1) is 11.8. The Kier molecular flexibility index (Phi) is 3.23. The molecule has 1 heterocycles. The zero-order valence-corrected chi connectivity index (χ0v) is 11.0. The highest BCUT2D eigenvalue weighted by Gasteiger charge is 2.14. The van der Waals surface area contributed by atoms with Gasteiger partial charge >= 0.3 is 0 Å². The summed E-state index contributed by atoms with van der Waals surface area (Å²) in [6.07, 6.45) is 0. The second-order valence-corrected chi connectivity index (χ2v) is 4.25. The van der Waals surface area contributed by atoms with Crippen molar-refractivity contribution in [3.8, 4) is 22.8 Å². The lowest BCUT2D eigenvalue weighted by atomic mass is 10.1. The molecule has 5 nitrogen and oxygen atoms in total. The van der Waals surface area contributed by atoms with Crippen LogP contribution in [-0.2, 0) is 0 Å². The third-order valence-electron chi connectivity index (χ3n) is 2.35. The molecule has 0 radical (unpaired) electrons. The summed E-state index contributed by atoms with van der Waals surface area (Å²) in [5, 5.41) is 6.75. The molecule has 2 aromatic rings. The van der Waals surface area contributed by atoms with Gasteiger partial charge in [-0.25, -0.2) is 0 Å². The topological polar surface area (TPSA) is 73.2 Å². The second-order valence-electron chi connectivity index (χ2n) is 3.39. The van der Waals surface area contributed by atoms with Gasteiger partial charge in [0.1, 0.15) is 17.3 Å². The first-order chi connectivity index (χ1) is 8.15. The average molecular weight is 298 g/mol. The minimum Gasteiger partial charge on any atom is -0.497 e. The summed E-state index contributed by atoms with van der Waals surface area (Å²) in [4.78, 5) is 0. The molecule has 0 aliphatic rings. The van der Waals surface area contributed by atoms with Crippen LogP contribution in [0.5, 0.6) is 11.5 Å². The molecule has 0 saturated heterocycles. The SMILES string of the molecule is COc1cc(Br)c(-c2cc(N)n[nH]2)c(OC)c1. The summed E-state index contributed by atoms with van der Waals surface area (Å²) in [6.45, 7) is 0. The van der Waals surface area contributed by atoms with Gasteiger partial charge in [0.25, 0.3) is 0 Å². The summed E-state index contributed by atoms with van der Waals surface area (Å²) in [5.74, 6) is 1.83. The lowest BCUT2D eigenvalue weighted by Crippen LogP contribution is -1.92. The van der Waals surface area contributed by atoms with Crippen molar-refractivity contribution in [1.29, 1.82) is 0 Å². The third kappa shape index (κ3) is 2.21. The lowest BCUT2D eigenvalue weighted by Gasteiger charge is -2.11. The molecule has 0 saturated carbocycles. The van der Waals surface area contributed by atoms with Gasteiger partial charge in [0, 0.05) is 16.6 Å². The van der Waals surface area contributed by atoms with Gasteiger partial charge in [-0.3, -0.25) is 5.10 Å². The van der Waals surface area contributed by atoms with Crippen LogP contribution in [0.3, 0.4) is 0 Å². The Balaban J connectivity index is 2.60. The van der Waals surface area contributed by atoms with Gasteiger partial charge in [0.05, 0.1) is 25.5 Å². The second kappa shape index (κ2) is 4.67. The maximum absolute atomic E-state index is 5.59. The third-order valence-corrected chi connectivity index (χ3v) is 2.98. The number of nitrogens with two attached hydrogens (primary N) is 1. The van der Waals surface area contributed by atoms with Crippen molar-refractivity contribution < 1.29 is 9.47 Å². The van der Waals surface area contributed by atoms with Crippen LogP contribution in [0.15, 0.2) is 22.7 Å². The summed E-state index contributed by atoms with van der Waals surface area (Å²) in [6, 6.07) is 5.40. The molecular weight excluding hydrogens is 286 g/mol. The van der Waals surface area contributed by atoms with Gasteiger partial charge in [-0.05, 0) is 22.0 Å². The Labute approximate surface area is 107 Å². The zero-order valence-electron chi connectivity index (χ0n) is 9.45. The maximum atomic E-state index is 5.59. The number of rotatable bonds is 3. The van der Waals surface area contributed by atoms with Gasteiger partial charge in [-0.1, -0.05) is 0 Å². The number of hydrogen-bond donors (Lipinski definition) is 2. The number of nitrogens with one attached hydrogen (secondary N) is 1. The van der Waals surface area contributed by atoms with Crippen LogP contribution < -0.4 is 15.2 Å². The Bertz CT molecular complexity index is 540. The highest BCUT2D eigenvalue weighted by atomic mass is 79.9. The van der Waals surface area contributed by atoms with Crippen molar-refractivity contribution in [2.45, 2.75) is 0 Å². The van der Waals surface area contributed by atoms with E-state index in [-0.39, 0.29) is 0 Å². The summed E-state index contributed by atoms with van der Waals surface area (Å²) in [5.41, 5.74) is 7.24. The zero-order chi connectivity index (χ0) is 12.4. The molecule has 0 unspecified atom stereocenters. The molecular formula is C11H12BrN3O2. The van der Waals surface area contributed by atoms with E-state index < -0.39 is 0 Å². The van der Waals surface area contributed by atoms with Crippen molar-refractivity contribution in [2.24, 2.45) is 0 Å². The quantitative estimate of drug-likeness (QED) is 0.913. The minimum absolute atomic E-state index is 0.435. The van der Waals surface area contributed by atoms with Crippen LogP contribution in [0.2, 0.25) is 0 Å². The predicted octanol–water partition coefficient (Wildman–Crippen LogP) is 2.44. The van der Waals surface area contributed by atoms with Crippen LogP contribution >= 0.6 is 15.9 Å². The molecule has 6 heteroatoms. The highest BCUT2D eigenvalue weighted by Crippen LogP contribution is 2.39. The lowest BCUT2D eigenvalue weighted by molar-refractivity contribution is 0.395. The number of halogens is 1. The van der Waals surface area contributed by atoms with E-state index in [1.807, 2.05) is 6.07 Å². The average Bonchev–Trinajstić information content (AvgIpc) is 2.74. The van der Waals surface area contributed by atoms with Crippen molar-refractivity contribution in [3.63, 3.8) is 0 Å². The number of H-pyrrole nitrogens is 1. The van der Waals surface area contributed by atoms with Crippen molar-refractivity contribution in [3.05, 3.63) is 22.7 Å². The fraction of sp³-hybridized carbons (Fsp3) is 0.182. The van der Waals surface area contributed by atoms with Crippen molar-refractivity contribution >= 4 is 21.7 Å².